The van der Waals surface area contributed by atoms with Gasteiger partial charge in [0.15, 0.2) is 0 Å². The Labute approximate surface area is 191 Å². The van der Waals surface area contributed by atoms with Crippen LogP contribution in [0.2, 0.25) is 10.0 Å². The Morgan fingerprint density at radius 2 is 1.71 bits per heavy atom. The maximum atomic E-state index is 8.92. The Bertz CT molecular complexity index is 1260. The Hall–Kier alpha value is -2.97. The quantitative estimate of drug-likeness (QED) is 0.379. The van der Waals surface area contributed by atoms with Crippen LogP contribution in [0.1, 0.15) is 22.3 Å². The van der Waals surface area contributed by atoms with E-state index in [-0.39, 0.29) is 0 Å². The van der Waals surface area contributed by atoms with Gasteiger partial charge in [0.25, 0.3) is 0 Å². The Morgan fingerprint density at radius 1 is 0.935 bits per heavy atom. The number of hydrogen-bond acceptors (Lipinski definition) is 3. The minimum atomic E-state index is 0.438. The van der Waals surface area contributed by atoms with E-state index in [0.29, 0.717) is 35.3 Å². The summed E-state index contributed by atoms with van der Waals surface area (Å²) in [5.74, 6) is 0.794. The minimum Gasteiger partial charge on any atom is -0.489 e. The van der Waals surface area contributed by atoms with Crippen LogP contribution < -0.4 is 10.5 Å². The number of rotatable bonds is 7. The zero-order chi connectivity index (χ0) is 21.8. The van der Waals surface area contributed by atoms with Crippen molar-refractivity contribution < 1.29 is 4.74 Å². The smallest absolute Gasteiger partial charge is 0.120 e. The molecular formula is C25H21Cl2N3O. The van der Waals surface area contributed by atoms with Gasteiger partial charge < -0.3 is 15.0 Å². The fraction of sp³-hybridized carbons (Fsp3) is 0.160. The van der Waals surface area contributed by atoms with Gasteiger partial charge in [-0.3, -0.25) is 0 Å². The summed E-state index contributed by atoms with van der Waals surface area (Å²) in [6.07, 6.45) is 2.92. The molecule has 1 aromatic heterocycles. The highest BCUT2D eigenvalue weighted by Crippen LogP contribution is 2.29. The molecule has 0 aliphatic rings. The molecule has 0 aliphatic heterocycles. The highest BCUT2D eigenvalue weighted by molar-refractivity contribution is 6.42. The first-order valence-corrected chi connectivity index (χ1v) is 10.7. The molecule has 2 N–H and O–H groups in total. The summed E-state index contributed by atoms with van der Waals surface area (Å²) >= 11 is 12.2. The molecule has 1 heterocycles. The Morgan fingerprint density at radius 3 is 2.42 bits per heavy atom. The lowest BCUT2D eigenvalue weighted by atomic mass is 10.1. The first-order chi connectivity index (χ1) is 15.1. The second kappa shape index (κ2) is 9.45. The maximum Gasteiger partial charge on any atom is 0.120 e. The number of benzene rings is 3. The molecule has 0 bridgehead atoms. The van der Waals surface area contributed by atoms with Crippen molar-refractivity contribution in [2.45, 2.75) is 19.6 Å². The lowest BCUT2D eigenvalue weighted by molar-refractivity contribution is 0.306. The summed E-state index contributed by atoms with van der Waals surface area (Å²) in [5.41, 5.74) is 10.9. The summed E-state index contributed by atoms with van der Waals surface area (Å²) in [5, 5.41) is 11.2. The molecule has 6 heteroatoms. The highest BCUT2D eigenvalue weighted by atomic mass is 35.5. The zero-order valence-electron chi connectivity index (χ0n) is 16.8. The maximum absolute atomic E-state index is 8.92. The van der Waals surface area contributed by atoms with Crippen LogP contribution in [0.25, 0.3) is 10.9 Å². The van der Waals surface area contributed by atoms with Crippen LogP contribution in [0.3, 0.4) is 0 Å². The molecule has 4 aromatic rings. The van der Waals surface area contributed by atoms with Crippen molar-refractivity contribution in [3.05, 3.63) is 99.2 Å². The third-order valence-corrected chi connectivity index (χ3v) is 5.91. The van der Waals surface area contributed by atoms with Crippen molar-refractivity contribution in [2.24, 2.45) is 5.73 Å². The fourth-order valence-corrected chi connectivity index (χ4v) is 3.92. The van der Waals surface area contributed by atoms with Crippen LogP contribution in [-0.2, 0) is 19.6 Å². The van der Waals surface area contributed by atoms with E-state index in [1.807, 2.05) is 36.4 Å². The number of nitrogens with zero attached hydrogens (tertiary/aromatic N) is 2. The second-order valence-electron chi connectivity index (χ2n) is 7.35. The molecule has 0 spiro atoms. The van der Waals surface area contributed by atoms with Gasteiger partial charge in [-0.15, -0.1) is 0 Å². The van der Waals surface area contributed by atoms with Crippen molar-refractivity contribution >= 4 is 34.1 Å². The molecule has 0 saturated carbocycles. The molecule has 0 unspecified atom stereocenters. The van der Waals surface area contributed by atoms with E-state index in [2.05, 4.69) is 29.0 Å². The van der Waals surface area contributed by atoms with E-state index in [0.717, 1.165) is 34.2 Å². The van der Waals surface area contributed by atoms with Gasteiger partial charge in [0.05, 0.1) is 21.7 Å². The van der Waals surface area contributed by atoms with E-state index < -0.39 is 0 Å². The number of hydrogen-bond donors (Lipinski definition) is 1. The normalized spacial score (nSPS) is 10.9. The summed E-state index contributed by atoms with van der Waals surface area (Å²) in [6, 6.07) is 21.3. The van der Waals surface area contributed by atoms with Crippen molar-refractivity contribution in [1.29, 1.82) is 5.26 Å². The highest BCUT2D eigenvalue weighted by Gasteiger charge is 2.11. The lowest BCUT2D eigenvalue weighted by Gasteiger charge is -2.09. The van der Waals surface area contributed by atoms with Gasteiger partial charge in [-0.05, 0) is 72.1 Å². The number of ether oxygens (including phenoxy) is 1. The third-order valence-electron chi connectivity index (χ3n) is 5.17. The molecular weight excluding hydrogens is 429 g/mol. The largest absolute Gasteiger partial charge is 0.489 e. The van der Waals surface area contributed by atoms with Crippen LogP contribution in [-0.4, -0.2) is 11.1 Å². The SMILES string of the molecule is N#Cc1ccc(COc2ccc3c(c2)c(CCN)cn3Cc2ccc(Cl)c(Cl)c2)cc1. The van der Waals surface area contributed by atoms with Gasteiger partial charge >= 0.3 is 0 Å². The number of halogens is 2. The van der Waals surface area contributed by atoms with E-state index >= 15 is 0 Å². The van der Waals surface area contributed by atoms with Gasteiger partial charge in [0, 0.05) is 23.6 Å². The topological polar surface area (TPSA) is 64.0 Å². The summed E-state index contributed by atoms with van der Waals surface area (Å²) in [6.45, 7) is 1.69. The first kappa shape index (κ1) is 21.3. The van der Waals surface area contributed by atoms with Crippen molar-refractivity contribution in [3.8, 4) is 11.8 Å². The summed E-state index contributed by atoms with van der Waals surface area (Å²) < 4.78 is 8.21. The molecule has 4 nitrogen and oxygen atoms in total. The van der Waals surface area contributed by atoms with Gasteiger partial charge in [0.1, 0.15) is 12.4 Å². The summed E-state index contributed by atoms with van der Waals surface area (Å²) in [4.78, 5) is 0. The van der Waals surface area contributed by atoms with Gasteiger partial charge in [-0.2, -0.15) is 5.26 Å². The average molecular weight is 450 g/mol. The molecule has 31 heavy (non-hydrogen) atoms. The van der Waals surface area contributed by atoms with Crippen molar-refractivity contribution in [2.75, 3.05) is 6.54 Å². The molecule has 0 fully saturated rings. The van der Waals surface area contributed by atoms with E-state index in [9.17, 15) is 0 Å². The van der Waals surface area contributed by atoms with Crippen LogP contribution in [0.4, 0.5) is 0 Å². The fourth-order valence-electron chi connectivity index (χ4n) is 3.60. The number of nitrogens with two attached hydrogens (primary N) is 1. The zero-order valence-corrected chi connectivity index (χ0v) is 18.3. The molecule has 3 aromatic carbocycles. The number of nitriles is 1. The standard InChI is InChI=1S/C25H21Cl2N3O/c26-23-7-5-19(11-24(23)27)14-30-15-20(9-10-28)22-12-21(6-8-25(22)30)31-16-18-3-1-17(13-29)2-4-18/h1-8,11-12,15H,9-10,14,16,28H2. The predicted octanol–water partition coefficient (Wildman–Crippen LogP) is 5.95. The molecule has 0 radical (unpaired) electrons. The molecule has 156 valence electrons. The van der Waals surface area contributed by atoms with E-state index in [1.165, 1.54) is 5.56 Å². The van der Waals surface area contributed by atoms with E-state index in [1.54, 1.807) is 12.1 Å². The van der Waals surface area contributed by atoms with Crippen molar-refractivity contribution in [1.82, 2.24) is 4.57 Å². The molecule has 0 amide bonds. The Balaban J connectivity index is 1.59. The molecule has 0 atom stereocenters. The van der Waals surface area contributed by atoms with Gasteiger partial charge in [-0.25, -0.2) is 0 Å². The van der Waals surface area contributed by atoms with Crippen molar-refractivity contribution in [3.63, 3.8) is 0 Å². The van der Waals surface area contributed by atoms with Crippen LogP contribution in [0.5, 0.6) is 5.75 Å². The van der Waals surface area contributed by atoms with Crippen LogP contribution >= 0.6 is 23.2 Å². The molecule has 0 aliphatic carbocycles. The Kier molecular flexibility index (Phi) is 6.48. The average Bonchev–Trinajstić information content (AvgIpc) is 3.12. The summed E-state index contributed by atoms with van der Waals surface area (Å²) in [7, 11) is 0. The van der Waals surface area contributed by atoms with E-state index in [4.69, 9.17) is 38.9 Å². The van der Waals surface area contributed by atoms with Crippen LogP contribution in [0.15, 0.2) is 66.9 Å². The number of fused-ring (bicyclic) bond motifs is 1. The predicted molar refractivity (Wildman–Crippen MR) is 126 cm³/mol. The monoisotopic (exact) mass is 449 g/mol. The molecule has 0 saturated heterocycles. The minimum absolute atomic E-state index is 0.438. The first-order valence-electron chi connectivity index (χ1n) is 9.95. The number of aromatic nitrogens is 1. The van der Waals surface area contributed by atoms with Gasteiger partial charge in [-0.1, -0.05) is 41.4 Å². The second-order valence-corrected chi connectivity index (χ2v) is 8.16. The molecule has 4 rings (SSSR count). The van der Waals surface area contributed by atoms with Gasteiger partial charge in [0.2, 0.25) is 0 Å². The third kappa shape index (κ3) is 4.86. The lowest BCUT2D eigenvalue weighted by Crippen LogP contribution is -2.02. The van der Waals surface area contributed by atoms with Crippen LogP contribution in [0, 0.1) is 11.3 Å².